The van der Waals surface area contributed by atoms with Crippen LogP contribution in [-0.2, 0) is 9.47 Å². The van der Waals surface area contributed by atoms with Crippen LogP contribution in [0.1, 0.15) is 19.3 Å². The molecule has 2 atom stereocenters. The van der Waals surface area contributed by atoms with E-state index in [9.17, 15) is 0 Å². The first-order valence-electron chi connectivity index (χ1n) is 3.48. The van der Waals surface area contributed by atoms with E-state index in [-0.39, 0.29) is 12.4 Å². The summed E-state index contributed by atoms with van der Waals surface area (Å²) in [4.78, 5) is 0. The molecule has 0 amide bonds. The normalized spacial score (nSPS) is 32.0. The molecule has 56 valence electrons. The lowest BCUT2D eigenvalue weighted by Gasteiger charge is -2.08. The molecule has 1 rings (SSSR count). The van der Waals surface area contributed by atoms with Gasteiger partial charge in [-0.1, -0.05) is 0 Å². The molecule has 2 heteroatoms. The van der Waals surface area contributed by atoms with Crippen LogP contribution >= 0.6 is 0 Å². The van der Waals surface area contributed by atoms with Gasteiger partial charge in [0.2, 0.25) is 0 Å². The predicted molar refractivity (Wildman–Crippen MR) is 38.4 cm³/mol. The summed E-state index contributed by atoms with van der Waals surface area (Å²) in [6, 6.07) is 0. The molecule has 0 saturated carbocycles. The minimum absolute atomic E-state index is 0.0154. The van der Waals surface area contributed by atoms with Crippen LogP contribution in [0.3, 0.4) is 0 Å². The van der Waals surface area contributed by atoms with Gasteiger partial charge in [-0.15, -0.1) is 12.3 Å². The number of methoxy groups -OCH3 is 1. The van der Waals surface area contributed by atoms with Crippen LogP contribution in [0.4, 0.5) is 0 Å². The summed E-state index contributed by atoms with van der Waals surface area (Å²) in [6.07, 6.45) is 8.05. The van der Waals surface area contributed by atoms with E-state index in [0.717, 1.165) is 12.8 Å². The van der Waals surface area contributed by atoms with E-state index in [1.54, 1.807) is 7.11 Å². The smallest absolute Gasteiger partial charge is 0.157 e. The van der Waals surface area contributed by atoms with Crippen molar-refractivity contribution in [2.45, 2.75) is 31.7 Å². The maximum absolute atomic E-state index is 5.39. The lowest BCUT2D eigenvalue weighted by atomic mass is 10.2. The molecule has 1 aliphatic heterocycles. The second kappa shape index (κ2) is 3.60. The zero-order valence-corrected chi connectivity index (χ0v) is 6.17. The Hall–Kier alpha value is -0.520. The van der Waals surface area contributed by atoms with Crippen molar-refractivity contribution >= 4 is 0 Å². The highest BCUT2D eigenvalue weighted by atomic mass is 16.7. The largest absolute Gasteiger partial charge is 0.356 e. The van der Waals surface area contributed by atoms with Crippen molar-refractivity contribution < 1.29 is 9.47 Å². The molecule has 1 fully saturated rings. The molecule has 2 unspecified atom stereocenters. The van der Waals surface area contributed by atoms with Gasteiger partial charge in [0.25, 0.3) is 0 Å². The van der Waals surface area contributed by atoms with E-state index < -0.39 is 0 Å². The lowest BCUT2D eigenvalue weighted by Crippen LogP contribution is -2.11. The van der Waals surface area contributed by atoms with Gasteiger partial charge in [0.1, 0.15) is 0 Å². The minimum atomic E-state index is -0.0154. The van der Waals surface area contributed by atoms with Crippen molar-refractivity contribution in [1.29, 1.82) is 0 Å². The van der Waals surface area contributed by atoms with Crippen LogP contribution in [0.2, 0.25) is 0 Å². The van der Waals surface area contributed by atoms with E-state index in [1.807, 2.05) is 0 Å². The lowest BCUT2D eigenvalue weighted by molar-refractivity contribution is -0.113. The fourth-order valence-electron chi connectivity index (χ4n) is 1.13. The standard InChI is InChI=1S/C8H12O2/c1-3-4-7-5-6-8(9-2)10-7/h1,7-8H,4-6H2,2H3. The van der Waals surface area contributed by atoms with Crippen molar-refractivity contribution in [1.82, 2.24) is 0 Å². The molecule has 0 aliphatic carbocycles. The summed E-state index contributed by atoms with van der Waals surface area (Å²) >= 11 is 0. The highest BCUT2D eigenvalue weighted by Crippen LogP contribution is 2.21. The zero-order chi connectivity index (χ0) is 7.40. The molecule has 0 aromatic carbocycles. The molecular formula is C8H12O2. The minimum Gasteiger partial charge on any atom is -0.356 e. The molecule has 0 aromatic rings. The molecule has 1 aliphatic rings. The van der Waals surface area contributed by atoms with Gasteiger partial charge in [0.05, 0.1) is 6.10 Å². The molecular weight excluding hydrogens is 128 g/mol. The Morgan fingerprint density at radius 3 is 3.00 bits per heavy atom. The average Bonchev–Trinajstić information content (AvgIpc) is 2.37. The molecule has 0 bridgehead atoms. The molecule has 10 heavy (non-hydrogen) atoms. The van der Waals surface area contributed by atoms with E-state index in [0.29, 0.717) is 6.42 Å². The first kappa shape index (κ1) is 7.59. The number of hydrogen-bond acceptors (Lipinski definition) is 2. The summed E-state index contributed by atoms with van der Waals surface area (Å²) in [5, 5.41) is 0. The summed E-state index contributed by atoms with van der Waals surface area (Å²) in [5.41, 5.74) is 0. The Kier molecular flexibility index (Phi) is 2.73. The maximum atomic E-state index is 5.39. The van der Waals surface area contributed by atoms with Crippen LogP contribution in [-0.4, -0.2) is 19.5 Å². The fraction of sp³-hybridized carbons (Fsp3) is 0.750. The van der Waals surface area contributed by atoms with Crippen molar-refractivity contribution in [3.8, 4) is 12.3 Å². The van der Waals surface area contributed by atoms with Crippen LogP contribution in [0.5, 0.6) is 0 Å². The van der Waals surface area contributed by atoms with Crippen LogP contribution < -0.4 is 0 Å². The summed E-state index contributed by atoms with van der Waals surface area (Å²) in [5.74, 6) is 2.57. The molecule has 2 nitrogen and oxygen atoms in total. The van der Waals surface area contributed by atoms with E-state index in [4.69, 9.17) is 15.9 Å². The molecule has 0 N–H and O–H groups in total. The van der Waals surface area contributed by atoms with Gasteiger partial charge in [-0.3, -0.25) is 0 Å². The fourth-order valence-corrected chi connectivity index (χ4v) is 1.13. The highest BCUT2D eigenvalue weighted by molar-refractivity contribution is 4.89. The van der Waals surface area contributed by atoms with Gasteiger partial charge in [0, 0.05) is 20.0 Å². The zero-order valence-electron chi connectivity index (χ0n) is 6.17. The van der Waals surface area contributed by atoms with Crippen LogP contribution in [0.15, 0.2) is 0 Å². The second-order valence-corrected chi connectivity index (χ2v) is 2.41. The topological polar surface area (TPSA) is 18.5 Å². The number of hydrogen-bond donors (Lipinski definition) is 0. The van der Waals surface area contributed by atoms with Crippen LogP contribution in [0, 0.1) is 12.3 Å². The third-order valence-electron chi connectivity index (χ3n) is 1.68. The molecule has 1 saturated heterocycles. The summed E-state index contributed by atoms with van der Waals surface area (Å²) in [6.45, 7) is 0. The van der Waals surface area contributed by atoms with Crippen molar-refractivity contribution in [3.05, 3.63) is 0 Å². The van der Waals surface area contributed by atoms with E-state index in [1.165, 1.54) is 0 Å². The number of terminal acetylenes is 1. The van der Waals surface area contributed by atoms with Crippen molar-refractivity contribution in [2.75, 3.05) is 7.11 Å². The van der Waals surface area contributed by atoms with Crippen molar-refractivity contribution in [3.63, 3.8) is 0 Å². The Morgan fingerprint density at radius 2 is 2.50 bits per heavy atom. The Morgan fingerprint density at radius 1 is 1.70 bits per heavy atom. The first-order chi connectivity index (χ1) is 4.86. The summed E-state index contributed by atoms with van der Waals surface area (Å²) < 4.78 is 10.4. The third kappa shape index (κ3) is 1.73. The van der Waals surface area contributed by atoms with Gasteiger partial charge in [-0.2, -0.15) is 0 Å². The maximum Gasteiger partial charge on any atom is 0.157 e. The quantitative estimate of drug-likeness (QED) is 0.536. The van der Waals surface area contributed by atoms with Gasteiger partial charge in [0.15, 0.2) is 6.29 Å². The number of rotatable bonds is 2. The number of ether oxygens (including phenoxy) is 2. The van der Waals surface area contributed by atoms with Gasteiger partial charge in [-0.25, -0.2) is 0 Å². The van der Waals surface area contributed by atoms with E-state index in [2.05, 4.69) is 5.92 Å². The van der Waals surface area contributed by atoms with Crippen molar-refractivity contribution in [2.24, 2.45) is 0 Å². The third-order valence-corrected chi connectivity index (χ3v) is 1.68. The SMILES string of the molecule is C#CCC1CCC(OC)O1. The Labute approximate surface area is 61.5 Å². The van der Waals surface area contributed by atoms with Crippen LogP contribution in [0.25, 0.3) is 0 Å². The Balaban J connectivity index is 2.23. The highest BCUT2D eigenvalue weighted by Gasteiger charge is 2.23. The molecule has 0 aromatic heterocycles. The Bertz CT molecular complexity index is 137. The van der Waals surface area contributed by atoms with E-state index >= 15 is 0 Å². The average molecular weight is 140 g/mol. The molecule has 0 radical (unpaired) electrons. The second-order valence-electron chi connectivity index (χ2n) is 2.41. The van der Waals surface area contributed by atoms with Gasteiger partial charge in [-0.05, 0) is 6.42 Å². The monoisotopic (exact) mass is 140 g/mol. The predicted octanol–water partition coefficient (Wildman–Crippen LogP) is 1.16. The van der Waals surface area contributed by atoms with Gasteiger partial charge < -0.3 is 9.47 Å². The molecule has 0 spiro atoms. The van der Waals surface area contributed by atoms with Gasteiger partial charge >= 0.3 is 0 Å². The summed E-state index contributed by atoms with van der Waals surface area (Å²) in [7, 11) is 1.66. The first-order valence-corrected chi connectivity index (χ1v) is 3.48. The molecule has 1 heterocycles.